The molecule has 0 saturated heterocycles. The van der Waals surface area contributed by atoms with Crippen molar-refractivity contribution in [2.45, 2.75) is 33.2 Å². The Kier molecular flexibility index (Phi) is 4.69. The van der Waals surface area contributed by atoms with E-state index in [1.165, 1.54) is 23.2 Å². The van der Waals surface area contributed by atoms with Gasteiger partial charge in [0.1, 0.15) is 0 Å². The molecule has 0 saturated carbocycles. The highest BCUT2D eigenvalue weighted by molar-refractivity contribution is 7.12. The SMILES string of the molecule is CCc1ccc(C(C(=O)O)N(CC)C(C)=O)s1. The van der Waals surface area contributed by atoms with Crippen LogP contribution >= 0.6 is 11.3 Å². The summed E-state index contributed by atoms with van der Waals surface area (Å²) in [5, 5.41) is 9.27. The third-order valence-corrected chi connectivity index (χ3v) is 3.87. The minimum absolute atomic E-state index is 0.216. The Morgan fingerprint density at radius 3 is 2.41 bits per heavy atom. The number of aryl methyl sites for hydroxylation is 1. The molecule has 1 unspecified atom stereocenters. The number of hydrogen-bond donors (Lipinski definition) is 1. The number of thiophene rings is 1. The van der Waals surface area contributed by atoms with Gasteiger partial charge in [-0.15, -0.1) is 11.3 Å². The average molecular weight is 255 g/mol. The molecule has 1 atom stereocenters. The first-order valence-electron chi connectivity index (χ1n) is 5.59. The Morgan fingerprint density at radius 1 is 1.41 bits per heavy atom. The van der Waals surface area contributed by atoms with Gasteiger partial charge in [-0.1, -0.05) is 6.92 Å². The minimum atomic E-state index is -0.980. The maximum atomic E-state index is 11.4. The van der Waals surface area contributed by atoms with Gasteiger partial charge in [0.05, 0.1) is 0 Å². The normalized spacial score (nSPS) is 12.2. The fourth-order valence-electron chi connectivity index (χ4n) is 1.73. The number of aliphatic carboxylic acids is 1. The van der Waals surface area contributed by atoms with Gasteiger partial charge in [0.2, 0.25) is 5.91 Å². The monoisotopic (exact) mass is 255 g/mol. The lowest BCUT2D eigenvalue weighted by atomic mass is 10.2. The molecule has 1 aromatic rings. The van der Waals surface area contributed by atoms with Crippen molar-refractivity contribution in [2.75, 3.05) is 6.54 Å². The van der Waals surface area contributed by atoms with Gasteiger partial charge >= 0.3 is 5.97 Å². The van der Waals surface area contributed by atoms with E-state index in [4.69, 9.17) is 0 Å². The highest BCUT2D eigenvalue weighted by atomic mass is 32.1. The van der Waals surface area contributed by atoms with Gasteiger partial charge < -0.3 is 10.0 Å². The van der Waals surface area contributed by atoms with Crippen molar-refractivity contribution < 1.29 is 14.7 Å². The van der Waals surface area contributed by atoms with Crippen LogP contribution in [0.4, 0.5) is 0 Å². The van der Waals surface area contributed by atoms with E-state index in [9.17, 15) is 14.7 Å². The first-order valence-corrected chi connectivity index (χ1v) is 6.41. The first-order chi connectivity index (χ1) is 8.01. The molecule has 1 amide bonds. The minimum Gasteiger partial charge on any atom is -0.479 e. The van der Waals surface area contributed by atoms with Gasteiger partial charge in [-0.05, 0) is 25.5 Å². The van der Waals surface area contributed by atoms with Gasteiger partial charge in [-0.3, -0.25) is 4.79 Å². The van der Waals surface area contributed by atoms with Crippen LogP contribution in [-0.4, -0.2) is 28.4 Å². The predicted octanol–water partition coefficient (Wildman–Crippen LogP) is 2.30. The molecule has 4 nitrogen and oxygen atoms in total. The molecule has 5 heteroatoms. The molecule has 0 aromatic carbocycles. The Morgan fingerprint density at radius 2 is 2.06 bits per heavy atom. The largest absolute Gasteiger partial charge is 0.479 e. The van der Waals surface area contributed by atoms with Crippen LogP contribution in [0.25, 0.3) is 0 Å². The fourth-order valence-corrected chi connectivity index (χ4v) is 2.79. The average Bonchev–Trinajstić information content (AvgIpc) is 2.72. The van der Waals surface area contributed by atoms with Crippen LogP contribution in [0.1, 0.15) is 36.6 Å². The molecule has 94 valence electrons. The molecular weight excluding hydrogens is 238 g/mol. The molecule has 1 N–H and O–H groups in total. The Hall–Kier alpha value is -1.36. The summed E-state index contributed by atoms with van der Waals surface area (Å²) in [7, 11) is 0. The van der Waals surface area contributed by atoms with E-state index in [1.807, 2.05) is 13.0 Å². The molecule has 0 radical (unpaired) electrons. The van der Waals surface area contributed by atoms with E-state index in [0.29, 0.717) is 11.4 Å². The van der Waals surface area contributed by atoms with Crippen LogP contribution in [-0.2, 0) is 16.0 Å². The van der Waals surface area contributed by atoms with E-state index in [1.54, 1.807) is 13.0 Å². The molecule has 0 aliphatic heterocycles. The van der Waals surface area contributed by atoms with Crippen molar-refractivity contribution >= 4 is 23.2 Å². The molecule has 0 aliphatic carbocycles. The summed E-state index contributed by atoms with van der Waals surface area (Å²) < 4.78 is 0. The predicted molar refractivity (Wildman–Crippen MR) is 67.1 cm³/mol. The number of carbonyl (C=O) groups is 2. The van der Waals surface area contributed by atoms with Gasteiger partial charge in [0, 0.05) is 23.2 Å². The molecule has 1 heterocycles. The van der Waals surface area contributed by atoms with Crippen molar-refractivity contribution in [3.8, 4) is 0 Å². The molecular formula is C12H17NO3S. The second kappa shape index (κ2) is 5.82. The lowest BCUT2D eigenvalue weighted by Gasteiger charge is -2.25. The Balaban J connectivity index is 3.07. The van der Waals surface area contributed by atoms with Crippen molar-refractivity contribution in [3.63, 3.8) is 0 Å². The van der Waals surface area contributed by atoms with Crippen LogP contribution < -0.4 is 0 Å². The van der Waals surface area contributed by atoms with Crippen molar-refractivity contribution in [1.29, 1.82) is 0 Å². The molecule has 17 heavy (non-hydrogen) atoms. The summed E-state index contributed by atoms with van der Waals surface area (Å²) in [6.07, 6.45) is 0.878. The second-order valence-corrected chi connectivity index (χ2v) is 4.90. The number of rotatable bonds is 5. The van der Waals surface area contributed by atoms with E-state index in [2.05, 4.69) is 0 Å². The number of hydrogen-bond acceptors (Lipinski definition) is 3. The zero-order valence-corrected chi connectivity index (χ0v) is 11.1. The standard InChI is InChI=1S/C12H17NO3S/c1-4-9-6-7-10(17-9)11(12(15)16)13(5-2)8(3)14/h6-7,11H,4-5H2,1-3H3,(H,15,16). The smallest absolute Gasteiger partial charge is 0.331 e. The van der Waals surface area contributed by atoms with Crippen molar-refractivity contribution in [3.05, 3.63) is 21.9 Å². The van der Waals surface area contributed by atoms with Crippen molar-refractivity contribution in [1.82, 2.24) is 4.90 Å². The molecule has 0 fully saturated rings. The number of nitrogens with zero attached hydrogens (tertiary/aromatic N) is 1. The third kappa shape index (κ3) is 3.06. The zero-order chi connectivity index (χ0) is 13.0. The topological polar surface area (TPSA) is 57.6 Å². The second-order valence-electron chi connectivity index (χ2n) is 3.70. The van der Waals surface area contributed by atoms with Gasteiger partial charge in [0.15, 0.2) is 6.04 Å². The lowest BCUT2D eigenvalue weighted by Crippen LogP contribution is -2.36. The maximum absolute atomic E-state index is 11.4. The Bertz CT molecular complexity index is 414. The lowest BCUT2D eigenvalue weighted by molar-refractivity contribution is -0.149. The highest BCUT2D eigenvalue weighted by Crippen LogP contribution is 2.28. The zero-order valence-electron chi connectivity index (χ0n) is 10.3. The van der Waals surface area contributed by atoms with Gasteiger partial charge in [0.25, 0.3) is 0 Å². The molecule has 0 aliphatic rings. The van der Waals surface area contributed by atoms with E-state index in [-0.39, 0.29) is 5.91 Å². The van der Waals surface area contributed by atoms with Crippen LogP contribution in [0.2, 0.25) is 0 Å². The molecule has 0 spiro atoms. The highest BCUT2D eigenvalue weighted by Gasteiger charge is 2.29. The summed E-state index contributed by atoms with van der Waals surface area (Å²) in [5.41, 5.74) is 0. The van der Waals surface area contributed by atoms with Crippen LogP contribution in [0.5, 0.6) is 0 Å². The summed E-state index contributed by atoms with van der Waals surface area (Å²) in [5.74, 6) is -1.20. The van der Waals surface area contributed by atoms with Crippen LogP contribution in [0, 0.1) is 0 Å². The first kappa shape index (κ1) is 13.7. The number of carboxylic acid groups (broad SMARTS) is 1. The summed E-state index contributed by atoms with van der Waals surface area (Å²) >= 11 is 1.46. The van der Waals surface area contributed by atoms with Crippen LogP contribution in [0.15, 0.2) is 12.1 Å². The Labute approximate surface area is 105 Å². The van der Waals surface area contributed by atoms with Gasteiger partial charge in [-0.2, -0.15) is 0 Å². The number of carboxylic acids is 1. The number of likely N-dealkylation sites (N-methyl/N-ethyl adjacent to an activating group) is 1. The quantitative estimate of drug-likeness (QED) is 0.878. The van der Waals surface area contributed by atoms with Crippen LogP contribution in [0.3, 0.4) is 0 Å². The third-order valence-electron chi connectivity index (χ3n) is 2.59. The molecule has 1 rings (SSSR count). The molecule has 0 bridgehead atoms. The maximum Gasteiger partial charge on any atom is 0.331 e. The number of carbonyl (C=O) groups excluding carboxylic acids is 1. The fraction of sp³-hybridized carbons (Fsp3) is 0.500. The molecule has 1 aromatic heterocycles. The van der Waals surface area contributed by atoms with E-state index in [0.717, 1.165) is 11.3 Å². The van der Waals surface area contributed by atoms with E-state index >= 15 is 0 Å². The number of amides is 1. The van der Waals surface area contributed by atoms with Gasteiger partial charge in [-0.25, -0.2) is 4.79 Å². The van der Waals surface area contributed by atoms with E-state index < -0.39 is 12.0 Å². The summed E-state index contributed by atoms with van der Waals surface area (Å²) in [6, 6.07) is 2.86. The summed E-state index contributed by atoms with van der Waals surface area (Å²) in [6.45, 7) is 5.60. The summed E-state index contributed by atoms with van der Waals surface area (Å²) in [4.78, 5) is 26.0. The van der Waals surface area contributed by atoms with Crippen molar-refractivity contribution in [2.24, 2.45) is 0 Å².